The number of thiol groups is 1. The van der Waals surface area contributed by atoms with E-state index in [0.29, 0.717) is 38.8 Å². The molecule has 3 amide bonds. The lowest BCUT2D eigenvalue weighted by Gasteiger charge is -2.24. The van der Waals surface area contributed by atoms with Gasteiger partial charge in [-0.25, -0.2) is 4.79 Å². The zero-order valence-corrected chi connectivity index (χ0v) is 18.0. The number of hydrogen-bond acceptors (Lipinski definition) is 8. The molecule has 1 aliphatic heterocycles. The zero-order chi connectivity index (χ0) is 23.4. The first-order chi connectivity index (χ1) is 14.7. The van der Waals surface area contributed by atoms with E-state index in [9.17, 15) is 24.0 Å². The second-order valence-corrected chi connectivity index (χ2v) is 7.60. The molecule has 31 heavy (non-hydrogen) atoms. The van der Waals surface area contributed by atoms with E-state index in [1.165, 1.54) is 0 Å². The predicted molar refractivity (Wildman–Crippen MR) is 113 cm³/mol. The van der Waals surface area contributed by atoms with Gasteiger partial charge < -0.3 is 37.2 Å². The third kappa shape index (κ3) is 9.53. The number of aliphatic carboxylic acids is 2. The van der Waals surface area contributed by atoms with E-state index in [4.69, 9.17) is 15.9 Å². The Hall–Kier alpha value is -2.38. The van der Waals surface area contributed by atoms with Gasteiger partial charge in [-0.1, -0.05) is 0 Å². The molecule has 0 aromatic heterocycles. The molecule has 1 fully saturated rings. The summed E-state index contributed by atoms with van der Waals surface area (Å²) in [5.74, 6) is -4.91. The third-order valence-corrected chi connectivity index (χ3v) is 5.13. The Morgan fingerprint density at radius 1 is 1.00 bits per heavy atom. The molecule has 1 rings (SSSR count). The summed E-state index contributed by atoms with van der Waals surface area (Å²) < 4.78 is 0. The molecule has 176 valence electrons. The highest BCUT2D eigenvalue weighted by atomic mass is 32.1. The van der Waals surface area contributed by atoms with E-state index in [1.54, 1.807) is 0 Å². The Bertz CT molecular complexity index is 657. The van der Waals surface area contributed by atoms with Gasteiger partial charge in [-0.2, -0.15) is 12.6 Å². The Kier molecular flexibility index (Phi) is 11.9. The lowest BCUT2D eigenvalue weighted by atomic mass is 10.1. The van der Waals surface area contributed by atoms with Gasteiger partial charge >= 0.3 is 11.9 Å². The number of hydrogen-bond donors (Lipinski definition) is 8. The molecule has 1 aliphatic rings. The molecule has 8 N–H and O–H groups in total. The molecule has 1 saturated heterocycles. The summed E-state index contributed by atoms with van der Waals surface area (Å²) in [5, 5.41) is 28.1. The van der Waals surface area contributed by atoms with Crippen LogP contribution in [0.25, 0.3) is 0 Å². The van der Waals surface area contributed by atoms with Gasteiger partial charge in [-0.15, -0.1) is 0 Å². The zero-order valence-electron chi connectivity index (χ0n) is 17.1. The first-order valence-corrected chi connectivity index (χ1v) is 10.7. The first kappa shape index (κ1) is 26.7. The number of nitrogens with two attached hydrogens (primary N) is 1. The molecule has 4 unspecified atom stereocenters. The maximum Gasteiger partial charge on any atom is 0.326 e. The van der Waals surface area contributed by atoms with Gasteiger partial charge in [0.2, 0.25) is 17.7 Å². The SMILES string of the molecule is NCCCCC(NC(=O)C1CCCN1)C(=O)NC(CS)C(=O)NC(CC(=O)O)C(=O)O. The van der Waals surface area contributed by atoms with Crippen molar-refractivity contribution in [1.29, 1.82) is 0 Å². The van der Waals surface area contributed by atoms with Crippen LogP contribution in [0.4, 0.5) is 0 Å². The highest BCUT2D eigenvalue weighted by Crippen LogP contribution is 2.08. The molecule has 0 aliphatic carbocycles. The summed E-state index contributed by atoms with van der Waals surface area (Å²) in [4.78, 5) is 59.5. The average molecular weight is 462 g/mol. The number of nitrogens with one attached hydrogen (secondary N) is 4. The summed E-state index contributed by atoms with van der Waals surface area (Å²) in [6, 6.07) is -4.17. The lowest BCUT2D eigenvalue weighted by Crippen LogP contribution is -2.57. The number of carboxylic acid groups (broad SMARTS) is 2. The fourth-order valence-corrected chi connectivity index (χ4v) is 3.31. The Labute approximate surface area is 185 Å². The first-order valence-electron chi connectivity index (χ1n) is 10.1. The molecule has 0 aromatic rings. The average Bonchev–Trinajstić information content (AvgIpc) is 3.25. The van der Waals surface area contributed by atoms with Crippen molar-refractivity contribution in [3.8, 4) is 0 Å². The standard InChI is InChI=1S/C18H31N5O7S/c19-6-2-1-4-11(21-15(26)10-5-3-7-20-10)16(27)23-13(9-31)17(28)22-12(18(29)30)8-14(24)25/h10-13,20,31H,1-9,19H2,(H,21,26)(H,22,28)(H,23,27)(H,24,25)(H,29,30). The van der Waals surface area contributed by atoms with E-state index < -0.39 is 48.3 Å². The minimum absolute atomic E-state index is 0.162. The van der Waals surface area contributed by atoms with Crippen molar-refractivity contribution in [1.82, 2.24) is 21.3 Å². The maximum atomic E-state index is 12.8. The van der Waals surface area contributed by atoms with Gasteiger partial charge in [0.05, 0.1) is 12.5 Å². The number of carbonyl (C=O) groups is 5. The summed E-state index contributed by atoms with van der Waals surface area (Å²) in [6.45, 7) is 1.14. The quantitative estimate of drug-likeness (QED) is 0.104. The molecule has 12 nitrogen and oxygen atoms in total. The van der Waals surface area contributed by atoms with E-state index in [1.807, 2.05) is 0 Å². The van der Waals surface area contributed by atoms with Gasteiger partial charge in [-0.3, -0.25) is 19.2 Å². The molecule has 0 spiro atoms. The highest BCUT2D eigenvalue weighted by Gasteiger charge is 2.31. The number of unbranched alkanes of at least 4 members (excludes halogenated alkanes) is 1. The Balaban J connectivity index is 2.78. The monoisotopic (exact) mass is 461 g/mol. The molecular weight excluding hydrogens is 430 g/mol. The van der Waals surface area contributed by atoms with Crippen LogP contribution in [0.3, 0.4) is 0 Å². The minimum Gasteiger partial charge on any atom is -0.481 e. The Morgan fingerprint density at radius 2 is 1.65 bits per heavy atom. The lowest BCUT2D eigenvalue weighted by molar-refractivity contribution is -0.147. The molecular formula is C18H31N5O7S. The van der Waals surface area contributed by atoms with Crippen molar-refractivity contribution in [3.63, 3.8) is 0 Å². The number of carbonyl (C=O) groups excluding carboxylic acids is 3. The van der Waals surface area contributed by atoms with Crippen LogP contribution in [0.1, 0.15) is 38.5 Å². The Morgan fingerprint density at radius 3 is 2.16 bits per heavy atom. The smallest absolute Gasteiger partial charge is 0.326 e. The van der Waals surface area contributed by atoms with Crippen LogP contribution in [0.15, 0.2) is 0 Å². The van der Waals surface area contributed by atoms with Gasteiger partial charge in [-0.05, 0) is 45.2 Å². The molecule has 0 aromatic carbocycles. The van der Waals surface area contributed by atoms with Gasteiger partial charge in [0.15, 0.2) is 0 Å². The molecule has 13 heteroatoms. The summed E-state index contributed by atoms with van der Waals surface area (Å²) in [7, 11) is 0. The number of rotatable bonds is 14. The van der Waals surface area contributed by atoms with Crippen LogP contribution in [-0.4, -0.2) is 82.9 Å². The number of carboxylic acids is 2. The second-order valence-electron chi connectivity index (χ2n) is 7.24. The number of amides is 3. The highest BCUT2D eigenvalue weighted by molar-refractivity contribution is 7.80. The van der Waals surface area contributed by atoms with Crippen molar-refractivity contribution < 1.29 is 34.2 Å². The summed E-state index contributed by atoms with van der Waals surface area (Å²) in [5.41, 5.74) is 5.49. The van der Waals surface area contributed by atoms with Crippen molar-refractivity contribution in [2.24, 2.45) is 5.73 Å². The summed E-state index contributed by atoms with van der Waals surface area (Å²) >= 11 is 4.02. The van der Waals surface area contributed by atoms with Crippen LogP contribution in [-0.2, 0) is 24.0 Å². The molecule has 0 saturated carbocycles. The van der Waals surface area contributed by atoms with Gasteiger partial charge in [0.1, 0.15) is 18.1 Å². The fourth-order valence-electron chi connectivity index (χ4n) is 3.06. The van der Waals surface area contributed by atoms with Crippen molar-refractivity contribution in [3.05, 3.63) is 0 Å². The van der Waals surface area contributed by atoms with E-state index in [-0.39, 0.29) is 17.7 Å². The topological polar surface area (TPSA) is 200 Å². The second kappa shape index (κ2) is 13.8. The van der Waals surface area contributed by atoms with Gasteiger partial charge in [0, 0.05) is 5.75 Å². The molecule has 1 heterocycles. The van der Waals surface area contributed by atoms with Gasteiger partial charge in [0.25, 0.3) is 0 Å². The summed E-state index contributed by atoms with van der Waals surface area (Å²) in [6.07, 6.45) is 2.22. The molecule has 0 radical (unpaired) electrons. The third-order valence-electron chi connectivity index (χ3n) is 4.77. The van der Waals surface area contributed by atoms with Crippen molar-refractivity contribution >= 4 is 42.3 Å². The largest absolute Gasteiger partial charge is 0.481 e. The van der Waals surface area contributed by atoms with E-state index in [2.05, 4.69) is 33.9 Å². The van der Waals surface area contributed by atoms with E-state index >= 15 is 0 Å². The maximum absolute atomic E-state index is 12.8. The van der Waals surface area contributed by atoms with Crippen LogP contribution in [0.5, 0.6) is 0 Å². The minimum atomic E-state index is -1.65. The van der Waals surface area contributed by atoms with Crippen LogP contribution in [0.2, 0.25) is 0 Å². The van der Waals surface area contributed by atoms with Crippen molar-refractivity contribution in [2.75, 3.05) is 18.8 Å². The normalized spacial score (nSPS) is 18.5. The van der Waals surface area contributed by atoms with Crippen molar-refractivity contribution in [2.45, 2.75) is 62.7 Å². The van der Waals surface area contributed by atoms with E-state index in [0.717, 1.165) is 6.42 Å². The van der Waals surface area contributed by atoms with Crippen LogP contribution >= 0.6 is 12.6 Å². The molecule has 4 atom stereocenters. The predicted octanol–water partition coefficient (Wildman–Crippen LogP) is -2.19. The fraction of sp³-hybridized carbons (Fsp3) is 0.722. The van der Waals surface area contributed by atoms with Crippen LogP contribution < -0.4 is 27.0 Å². The molecule has 0 bridgehead atoms. The van der Waals surface area contributed by atoms with Crippen LogP contribution in [0, 0.1) is 0 Å².